The molecule has 0 bridgehead atoms. The summed E-state index contributed by atoms with van der Waals surface area (Å²) >= 11 is 0. The molecule has 0 amide bonds. The topological polar surface area (TPSA) is 36.9 Å². The van der Waals surface area contributed by atoms with E-state index in [4.69, 9.17) is 18.6 Å². The smallest absolute Gasteiger partial charge is 0.403 e. The molecule has 6 aromatic carbocycles. The normalized spacial score (nSPS) is 19.5. The van der Waals surface area contributed by atoms with Crippen molar-refractivity contribution in [2.75, 3.05) is 0 Å². The van der Waals surface area contributed by atoms with Gasteiger partial charge in [-0.05, 0) is 83.3 Å². The monoisotopic (exact) mass is 654 g/mol. The van der Waals surface area contributed by atoms with Crippen LogP contribution in [0.3, 0.4) is 0 Å². The Morgan fingerprint density at radius 3 is 0.900 bits per heavy atom. The molecule has 0 spiro atoms. The van der Waals surface area contributed by atoms with Gasteiger partial charge in [0, 0.05) is 0 Å². The minimum Gasteiger partial charge on any atom is -0.403 e. The zero-order valence-corrected chi connectivity index (χ0v) is 29.0. The second-order valence-electron chi connectivity index (χ2n) is 13.6. The summed E-state index contributed by atoms with van der Waals surface area (Å²) in [5.74, 6) is 0. The zero-order chi connectivity index (χ0) is 34.3. The standard InChI is InChI=1S/C44H40B2O4/c1-31-19-11-15-27-37(31)43(38-28-16-12-20-32(38)2)41(35-23-7-5-8-24-35)47-45(49-43)46-48-42(36-25-9-6-10-26-36)44(50-46,39-29-17-13-21-33(39)3)40-30-18-14-22-34(40)4/h5-30,41-42H,1-4H3. The zero-order valence-electron chi connectivity index (χ0n) is 29.0. The second kappa shape index (κ2) is 13.2. The molecule has 0 aromatic heterocycles. The summed E-state index contributed by atoms with van der Waals surface area (Å²) in [4.78, 5) is 0. The molecule has 2 aliphatic rings. The van der Waals surface area contributed by atoms with Gasteiger partial charge < -0.3 is 18.6 Å². The van der Waals surface area contributed by atoms with E-state index >= 15 is 0 Å². The second-order valence-corrected chi connectivity index (χ2v) is 13.6. The molecular formula is C44H40B2O4. The Kier molecular flexibility index (Phi) is 8.58. The van der Waals surface area contributed by atoms with Gasteiger partial charge in [-0.2, -0.15) is 0 Å². The summed E-state index contributed by atoms with van der Waals surface area (Å²) in [6, 6.07) is 54.6. The van der Waals surface area contributed by atoms with Gasteiger partial charge in [-0.1, -0.05) is 158 Å². The van der Waals surface area contributed by atoms with Gasteiger partial charge in [0.05, 0.1) is 0 Å². The molecule has 50 heavy (non-hydrogen) atoms. The first kappa shape index (κ1) is 32.5. The van der Waals surface area contributed by atoms with Crippen molar-refractivity contribution in [1.82, 2.24) is 0 Å². The third-order valence-electron chi connectivity index (χ3n) is 10.5. The Labute approximate surface area is 296 Å². The highest BCUT2D eigenvalue weighted by Gasteiger charge is 2.66. The van der Waals surface area contributed by atoms with Crippen LogP contribution in [0, 0.1) is 27.7 Å². The maximum absolute atomic E-state index is 7.47. The molecule has 0 N–H and O–H groups in total. The molecule has 6 heteroatoms. The van der Waals surface area contributed by atoms with E-state index in [1.54, 1.807) is 0 Å². The molecule has 2 saturated heterocycles. The van der Waals surface area contributed by atoms with Crippen LogP contribution in [0.2, 0.25) is 0 Å². The number of hydrogen-bond donors (Lipinski definition) is 0. The average Bonchev–Trinajstić information content (AvgIpc) is 3.75. The molecule has 0 radical (unpaired) electrons. The number of benzene rings is 6. The maximum atomic E-state index is 7.47. The largest absolute Gasteiger partial charge is 0.489 e. The van der Waals surface area contributed by atoms with Crippen LogP contribution >= 0.6 is 0 Å². The third kappa shape index (κ3) is 5.26. The van der Waals surface area contributed by atoms with Crippen LogP contribution in [-0.2, 0) is 29.8 Å². The first-order valence-corrected chi connectivity index (χ1v) is 17.4. The van der Waals surface area contributed by atoms with Crippen molar-refractivity contribution in [3.05, 3.63) is 213 Å². The minimum absolute atomic E-state index is 0.495. The number of rotatable bonds is 7. The lowest BCUT2D eigenvalue weighted by molar-refractivity contribution is 0.0706. The highest BCUT2D eigenvalue weighted by molar-refractivity contribution is 7.11. The van der Waals surface area contributed by atoms with Crippen molar-refractivity contribution in [1.29, 1.82) is 0 Å². The summed E-state index contributed by atoms with van der Waals surface area (Å²) in [5, 5.41) is 0. The molecule has 246 valence electrons. The van der Waals surface area contributed by atoms with Gasteiger partial charge in [0.15, 0.2) is 0 Å². The Hall–Kier alpha value is -4.71. The van der Waals surface area contributed by atoms with Crippen LogP contribution in [0.1, 0.15) is 67.8 Å². The molecule has 2 fully saturated rings. The van der Waals surface area contributed by atoms with Crippen LogP contribution < -0.4 is 0 Å². The molecule has 2 heterocycles. The van der Waals surface area contributed by atoms with Crippen molar-refractivity contribution in [2.45, 2.75) is 51.1 Å². The van der Waals surface area contributed by atoms with E-state index < -0.39 is 37.4 Å². The van der Waals surface area contributed by atoms with E-state index in [-0.39, 0.29) is 0 Å². The predicted molar refractivity (Wildman–Crippen MR) is 200 cm³/mol. The summed E-state index contributed by atoms with van der Waals surface area (Å²) < 4.78 is 29.4. The average molecular weight is 654 g/mol. The molecule has 4 nitrogen and oxygen atoms in total. The lowest BCUT2D eigenvalue weighted by Crippen LogP contribution is -2.44. The summed E-state index contributed by atoms with van der Waals surface area (Å²) in [6.45, 7) is 8.57. The highest BCUT2D eigenvalue weighted by Crippen LogP contribution is 2.57. The lowest BCUT2D eigenvalue weighted by Gasteiger charge is -2.38. The predicted octanol–water partition coefficient (Wildman–Crippen LogP) is 9.74. The van der Waals surface area contributed by atoms with Crippen molar-refractivity contribution in [3.8, 4) is 0 Å². The number of aryl methyl sites for hydroxylation is 4. The molecule has 8 rings (SSSR count). The van der Waals surface area contributed by atoms with E-state index in [0.717, 1.165) is 55.6 Å². The van der Waals surface area contributed by atoms with E-state index in [2.05, 4.69) is 173 Å². The fourth-order valence-corrected chi connectivity index (χ4v) is 8.19. The molecule has 0 saturated carbocycles. The first-order chi connectivity index (χ1) is 24.4. The highest BCUT2D eigenvalue weighted by atomic mass is 16.7. The Morgan fingerprint density at radius 2 is 0.620 bits per heavy atom. The Bertz CT molecular complexity index is 1870. The summed E-state index contributed by atoms with van der Waals surface area (Å²) in [7, 11) is -1.75. The Morgan fingerprint density at radius 1 is 0.360 bits per heavy atom. The molecule has 0 aliphatic carbocycles. The van der Waals surface area contributed by atoms with Gasteiger partial charge in [-0.15, -0.1) is 0 Å². The van der Waals surface area contributed by atoms with Crippen LogP contribution in [0.4, 0.5) is 0 Å². The lowest BCUT2D eigenvalue weighted by atomic mass is 9.49. The molecule has 2 aliphatic heterocycles. The Balaban J connectivity index is 1.34. The van der Waals surface area contributed by atoms with Crippen LogP contribution in [-0.4, -0.2) is 14.0 Å². The van der Waals surface area contributed by atoms with Crippen molar-refractivity contribution >= 4 is 14.0 Å². The van der Waals surface area contributed by atoms with Gasteiger partial charge in [-0.25, -0.2) is 0 Å². The van der Waals surface area contributed by atoms with Gasteiger partial charge in [0.2, 0.25) is 0 Å². The molecule has 2 atom stereocenters. The van der Waals surface area contributed by atoms with Crippen molar-refractivity contribution in [2.24, 2.45) is 0 Å². The fourth-order valence-electron chi connectivity index (χ4n) is 8.19. The summed E-state index contributed by atoms with van der Waals surface area (Å²) in [6.07, 6.45) is -0.990. The first-order valence-electron chi connectivity index (χ1n) is 17.4. The van der Waals surface area contributed by atoms with Crippen LogP contribution in [0.5, 0.6) is 0 Å². The maximum Gasteiger partial charge on any atom is 0.489 e. The van der Waals surface area contributed by atoms with E-state index in [0.29, 0.717) is 0 Å². The van der Waals surface area contributed by atoms with Crippen molar-refractivity contribution < 1.29 is 18.6 Å². The van der Waals surface area contributed by atoms with Crippen LogP contribution in [0.25, 0.3) is 0 Å². The third-order valence-corrected chi connectivity index (χ3v) is 10.5. The SMILES string of the molecule is Cc1ccccc1C1(c2ccccc2C)OB(B2OC(c3ccccc3)C(c3ccccc3C)(c3ccccc3C)O2)OC1c1ccccc1. The van der Waals surface area contributed by atoms with Gasteiger partial charge >= 0.3 is 14.0 Å². The van der Waals surface area contributed by atoms with E-state index in [1.165, 1.54) is 0 Å². The van der Waals surface area contributed by atoms with E-state index in [1.807, 2.05) is 12.1 Å². The minimum atomic E-state index is -0.992. The summed E-state index contributed by atoms with van der Waals surface area (Å²) in [5.41, 5.74) is 8.71. The fraction of sp³-hybridized carbons (Fsp3) is 0.182. The number of hydrogen-bond acceptors (Lipinski definition) is 4. The molecular weight excluding hydrogens is 614 g/mol. The van der Waals surface area contributed by atoms with Gasteiger partial charge in [0.25, 0.3) is 0 Å². The van der Waals surface area contributed by atoms with Crippen molar-refractivity contribution in [3.63, 3.8) is 0 Å². The van der Waals surface area contributed by atoms with Crippen LogP contribution in [0.15, 0.2) is 158 Å². The van der Waals surface area contributed by atoms with Gasteiger partial charge in [0.1, 0.15) is 23.4 Å². The van der Waals surface area contributed by atoms with Gasteiger partial charge in [-0.3, -0.25) is 0 Å². The quantitative estimate of drug-likeness (QED) is 0.161. The molecule has 6 aromatic rings. The molecule has 2 unspecified atom stereocenters. The van der Waals surface area contributed by atoms with E-state index in [9.17, 15) is 0 Å².